The van der Waals surface area contributed by atoms with Gasteiger partial charge in [0, 0.05) is 34.7 Å². The number of Topliss-reactive ketones (excluding diaryl/α,β-unsaturated/α-hetero) is 1. The summed E-state index contributed by atoms with van der Waals surface area (Å²) in [4.78, 5) is 15.2. The lowest BCUT2D eigenvalue weighted by Gasteiger charge is -2.21. The second-order valence-corrected chi connectivity index (χ2v) is 7.48. The molecule has 134 valence electrons. The van der Waals surface area contributed by atoms with Gasteiger partial charge in [0.15, 0.2) is 5.78 Å². The van der Waals surface area contributed by atoms with Gasteiger partial charge in [-0.1, -0.05) is 0 Å². The lowest BCUT2D eigenvalue weighted by molar-refractivity contribution is 0.0873. The van der Waals surface area contributed by atoms with Crippen LogP contribution in [0.2, 0.25) is 0 Å². The summed E-state index contributed by atoms with van der Waals surface area (Å²) in [6.07, 6.45) is 2.58. The molecule has 5 heteroatoms. The Labute approximate surface area is 153 Å². The number of nitrogens with zero attached hydrogens (tertiary/aromatic N) is 3. The lowest BCUT2D eigenvalue weighted by atomic mass is 9.98. The first kappa shape index (κ1) is 17.0. The van der Waals surface area contributed by atoms with E-state index in [1.807, 2.05) is 32.0 Å². The maximum Gasteiger partial charge on any atom is 0.178 e. The molecule has 0 spiro atoms. The predicted molar refractivity (Wildman–Crippen MR) is 98.4 cm³/mol. The summed E-state index contributed by atoms with van der Waals surface area (Å²) in [6.45, 7) is 4.33. The molecule has 1 aromatic heterocycles. The Bertz CT molecular complexity index is 891. The van der Waals surface area contributed by atoms with Crippen LogP contribution in [-0.2, 0) is 0 Å². The molecule has 3 atom stereocenters. The van der Waals surface area contributed by atoms with E-state index >= 15 is 0 Å². The summed E-state index contributed by atoms with van der Waals surface area (Å²) >= 11 is 0. The zero-order valence-corrected chi connectivity index (χ0v) is 15.1. The minimum Gasteiger partial charge on any atom is -0.391 e. The van der Waals surface area contributed by atoms with E-state index in [-0.39, 0.29) is 17.9 Å². The second kappa shape index (κ2) is 6.39. The van der Waals surface area contributed by atoms with Crippen molar-refractivity contribution in [1.82, 2.24) is 9.47 Å². The van der Waals surface area contributed by atoms with E-state index in [4.69, 9.17) is 5.26 Å². The second-order valence-electron chi connectivity index (χ2n) is 7.48. The van der Waals surface area contributed by atoms with Gasteiger partial charge in [0.25, 0.3) is 0 Å². The maximum atomic E-state index is 13.0. The van der Waals surface area contributed by atoms with E-state index in [0.29, 0.717) is 18.2 Å². The number of carbonyl (C=O) groups excluding carboxylic acids is 1. The summed E-state index contributed by atoms with van der Waals surface area (Å²) in [6, 6.07) is 12.0. The quantitative estimate of drug-likeness (QED) is 0.862. The number of benzene rings is 1. The van der Waals surface area contributed by atoms with Gasteiger partial charge in [-0.3, -0.25) is 9.69 Å². The van der Waals surface area contributed by atoms with Gasteiger partial charge in [-0.15, -0.1) is 0 Å². The van der Waals surface area contributed by atoms with E-state index < -0.39 is 0 Å². The van der Waals surface area contributed by atoms with E-state index in [0.717, 1.165) is 41.9 Å². The first-order valence-corrected chi connectivity index (χ1v) is 9.16. The number of aromatic nitrogens is 1. The fourth-order valence-corrected chi connectivity index (χ4v) is 4.69. The van der Waals surface area contributed by atoms with Crippen LogP contribution in [0.25, 0.3) is 5.69 Å². The predicted octanol–water partition coefficient (Wildman–Crippen LogP) is 2.75. The third-order valence-electron chi connectivity index (χ3n) is 5.96. The molecule has 0 amide bonds. The Morgan fingerprint density at radius 2 is 2.00 bits per heavy atom. The molecule has 26 heavy (non-hydrogen) atoms. The molecule has 5 nitrogen and oxygen atoms in total. The maximum absolute atomic E-state index is 13.0. The summed E-state index contributed by atoms with van der Waals surface area (Å²) < 4.78 is 2.06. The van der Waals surface area contributed by atoms with Crippen LogP contribution in [0.5, 0.6) is 0 Å². The molecule has 0 aliphatic carbocycles. The molecule has 0 radical (unpaired) electrons. The number of nitriles is 1. The summed E-state index contributed by atoms with van der Waals surface area (Å²) in [5.41, 5.74) is 4.24. The number of aliphatic hydroxyl groups is 1. The van der Waals surface area contributed by atoms with Gasteiger partial charge in [0.1, 0.15) is 0 Å². The van der Waals surface area contributed by atoms with Gasteiger partial charge < -0.3 is 9.67 Å². The van der Waals surface area contributed by atoms with E-state index in [1.165, 1.54) is 0 Å². The third-order valence-corrected chi connectivity index (χ3v) is 5.96. The normalized spacial score (nSPS) is 24.8. The summed E-state index contributed by atoms with van der Waals surface area (Å²) in [7, 11) is 0. The van der Waals surface area contributed by atoms with Crippen LogP contribution in [0.3, 0.4) is 0 Å². The average molecular weight is 349 g/mol. The number of carbonyl (C=O) groups is 1. The van der Waals surface area contributed by atoms with Gasteiger partial charge in [-0.25, -0.2) is 0 Å². The number of hydrogen-bond acceptors (Lipinski definition) is 4. The van der Waals surface area contributed by atoms with Crippen LogP contribution in [0.1, 0.15) is 46.6 Å². The topological polar surface area (TPSA) is 69.3 Å². The van der Waals surface area contributed by atoms with Crippen molar-refractivity contribution in [1.29, 1.82) is 5.26 Å². The molecule has 2 aliphatic rings. The van der Waals surface area contributed by atoms with Gasteiger partial charge in [0.2, 0.25) is 0 Å². The monoisotopic (exact) mass is 349 g/mol. The molecule has 2 aromatic rings. The largest absolute Gasteiger partial charge is 0.391 e. The number of fused-ring (bicyclic) bond motifs is 2. The highest BCUT2D eigenvalue weighted by atomic mass is 16.3. The van der Waals surface area contributed by atoms with Gasteiger partial charge in [-0.2, -0.15) is 5.26 Å². The van der Waals surface area contributed by atoms with Crippen molar-refractivity contribution >= 4 is 5.78 Å². The van der Waals surface area contributed by atoms with Gasteiger partial charge in [-0.05, 0) is 63.4 Å². The van der Waals surface area contributed by atoms with Crippen molar-refractivity contribution in [3.8, 4) is 11.8 Å². The Hall–Kier alpha value is -2.42. The van der Waals surface area contributed by atoms with Crippen LogP contribution in [0.4, 0.5) is 0 Å². The summed E-state index contributed by atoms with van der Waals surface area (Å²) in [5.74, 6) is 0.115. The minimum absolute atomic E-state index is 0.115. The molecule has 1 aromatic carbocycles. The van der Waals surface area contributed by atoms with Crippen LogP contribution in [0, 0.1) is 25.2 Å². The molecule has 2 saturated heterocycles. The van der Waals surface area contributed by atoms with Crippen molar-refractivity contribution in [2.75, 3.05) is 6.54 Å². The number of rotatable bonds is 4. The minimum atomic E-state index is -0.285. The van der Waals surface area contributed by atoms with Crippen molar-refractivity contribution in [2.45, 2.75) is 51.3 Å². The first-order valence-electron chi connectivity index (χ1n) is 9.16. The first-order chi connectivity index (χ1) is 12.5. The highest BCUT2D eigenvalue weighted by molar-refractivity contribution is 5.99. The Kier molecular flexibility index (Phi) is 4.18. The highest BCUT2D eigenvalue weighted by Gasteiger charge is 2.46. The van der Waals surface area contributed by atoms with Gasteiger partial charge >= 0.3 is 0 Å². The number of hydrogen-bond donors (Lipinski definition) is 1. The highest BCUT2D eigenvalue weighted by Crippen LogP contribution is 2.37. The van der Waals surface area contributed by atoms with Crippen molar-refractivity contribution in [2.24, 2.45) is 0 Å². The van der Waals surface area contributed by atoms with Crippen LogP contribution < -0.4 is 0 Å². The van der Waals surface area contributed by atoms with Crippen molar-refractivity contribution in [3.63, 3.8) is 0 Å². The van der Waals surface area contributed by atoms with E-state index in [1.54, 1.807) is 12.1 Å². The molecular weight excluding hydrogens is 326 g/mol. The lowest BCUT2D eigenvalue weighted by Crippen LogP contribution is -2.36. The van der Waals surface area contributed by atoms with Crippen LogP contribution in [-0.4, -0.2) is 45.1 Å². The SMILES string of the molecule is Cc1cc(C(=O)CN2C3CCC2[C@@H](O)C3)c(C)n1-c1ccc(C#N)cc1. The Morgan fingerprint density at radius 1 is 1.27 bits per heavy atom. The Balaban J connectivity index is 1.60. The van der Waals surface area contributed by atoms with E-state index in [9.17, 15) is 9.90 Å². The number of ketones is 1. The van der Waals surface area contributed by atoms with Crippen molar-refractivity contribution in [3.05, 3.63) is 52.8 Å². The number of aliphatic hydroxyl groups excluding tert-OH is 1. The molecule has 0 saturated carbocycles. The molecule has 2 bridgehead atoms. The molecule has 1 N–H and O–H groups in total. The molecule has 2 aliphatic heterocycles. The van der Waals surface area contributed by atoms with Crippen LogP contribution in [0.15, 0.2) is 30.3 Å². The van der Waals surface area contributed by atoms with Gasteiger partial charge in [0.05, 0.1) is 24.3 Å². The van der Waals surface area contributed by atoms with E-state index in [2.05, 4.69) is 15.5 Å². The fourth-order valence-electron chi connectivity index (χ4n) is 4.69. The smallest absolute Gasteiger partial charge is 0.178 e. The standard InChI is InChI=1S/C21H23N3O2/c1-13-9-18(14(2)24(13)16-5-3-15(11-22)4-6-16)21(26)12-23-17-7-8-19(23)20(25)10-17/h3-6,9,17,19-20,25H,7-8,10,12H2,1-2H3/t17?,19?,20-/m0/s1. The van der Waals surface area contributed by atoms with Crippen molar-refractivity contribution < 1.29 is 9.90 Å². The summed E-state index contributed by atoms with van der Waals surface area (Å²) in [5, 5.41) is 19.1. The molecular formula is C21H23N3O2. The average Bonchev–Trinajstić information content (AvgIpc) is 3.25. The number of aryl methyl sites for hydroxylation is 1. The zero-order chi connectivity index (χ0) is 18.4. The molecule has 4 rings (SSSR count). The third kappa shape index (κ3) is 2.66. The molecule has 2 fully saturated rings. The van der Waals surface area contributed by atoms with Crippen LogP contribution >= 0.6 is 0 Å². The fraction of sp³-hybridized carbons (Fsp3) is 0.429. The Morgan fingerprint density at radius 3 is 2.58 bits per heavy atom. The molecule has 2 unspecified atom stereocenters. The molecule has 3 heterocycles. The zero-order valence-electron chi connectivity index (χ0n) is 15.1.